The third-order valence-corrected chi connectivity index (χ3v) is 8.12. The lowest BCUT2D eigenvalue weighted by molar-refractivity contribution is -0.144. The molecule has 1 aliphatic heterocycles. The van der Waals surface area contributed by atoms with Gasteiger partial charge in [0, 0.05) is 39.0 Å². The van der Waals surface area contributed by atoms with Crippen LogP contribution in [0.4, 0.5) is 0 Å². The van der Waals surface area contributed by atoms with Gasteiger partial charge in [-0.05, 0) is 30.5 Å². The molecule has 0 aliphatic carbocycles. The number of benzene rings is 1. The number of likely N-dealkylation sites (tertiary alicyclic amines) is 1. The average Bonchev–Trinajstić information content (AvgIpc) is 3.52. The number of thiazole rings is 1. The standard InChI is InChI=1S/C29H41N5O6S/c1-18-25(41-17-31-18)20-8-6-19(7-9-20)15-30-27(39)22-14-21(35)16-34(22)28(40)26(29(2,3)4)32-23(36)10-12-33(5)13-11-24(37)38/h6-9,17,21-22,26,35H,10-16H2,1-5H3,(H,30,39)(H,32,36)(H,37,38). The Labute approximate surface area is 244 Å². The Kier molecular flexibility index (Phi) is 11.0. The number of nitrogens with one attached hydrogen (secondary N) is 2. The number of carboxylic acids is 1. The number of amides is 3. The van der Waals surface area contributed by atoms with Crippen LogP contribution in [0, 0.1) is 12.3 Å². The molecule has 4 N–H and O–H groups in total. The highest BCUT2D eigenvalue weighted by Crippen LogP contribution is 2.28. The molecule has 0 saturated carbocycles. The molecular formula is C29H41N5O6S. The van der Waals surface area contributed by atoms with Crippen LogP contribution in [0.1, 0.15) is 51.3 Å². The first-order chi connectivity index (χ1) is 19.3. The van der Waals surface area contributed by atoms with E-state index >= 15 is 0 Å². The number of carbonyl (C=O) groups is 4. The highest BCUT2D eigenvalue weighted by atomic mass is 32.1. The van der Waals surface area contributed by atoms with Gasteiger partial charge < -0.3 is 30.6 Å². The predicted molar refractivity (Wildman–Crippen MR) is 156 cm³/mol. The molecule has 1 aliphatic rings. The number of aryl methyl sites for hydroxylation is 1. The summed E-state index contributed by atoms with van der Waals surface area (Å²) in [7, 11) is 1.73. The van der Waals surface area contributed by atoms with Crippen molar-refractivity contribution in [3.63, 3.8) is 0 Å². The van der Waals surface area contributed by atoms with Crippen LogP contribution in [0.3, 0.4) is 0 Å². The van der Waals surface area contributed by atoms with E-state index < -0.39 is 35.5 Å². The van der Waals surface area contributed by atoms with Gasteiger partial charge in [0.15, 0.2) is 0 Å². The second-order valence-electron chi connectivity index (χ2n) is 11.6. The molecule has 11 nitrogen and oxygen atoms in total. The van der Waals surface area contributed by atoms with E-state index in [1.54, 1.807) is 28.8 Å². The molecule has 0 spiro atoms. The van der Waals surface area contributed by atoms with E-state index in [4.69, 9.17) is 5.11 Å². The molecule has 0 bridgehead atoms. The number of nitrogens with zero attached hydrogens (tertiary/aromatic N) is 3. The Morgan fingerprint density at radius 3 is 2.39 bits per heavy atom. The maximum absolute atomic E-state index is 13.7. The summed E-state index contributed by atoms with van der Waals surface area (Å²) in [5.41, 5.74) is 4.07. The van der Waals surface area contributed by atoms with Crippen LogP contribution in [0.2, 0.25) is 0 Å². The van der Waals surface area contributed by atoms with Gasteiger partial charge in [0.1, 0.15) is 12.1 Å². The Balaban J connectivity index is 1.61. The molecule has 3 rings (SSSR count). The Morgan fingerprint density at radius 2 is 1.80 bits per heavy atom. The summed E-state index contributed by atoms with van der Waals surface area (Å²) in [6.07, 6.45) is -0.680. The number of carboxylic acid groups (broad SMARTS) is 1. The predicted octanol–water partition coefficient (Wildman–Crippen LogP) is 2.02. The van der Waals surface area contributed by atoms with Gasteiger partial charge in [-0.3, -0.25) is 19.2 Å². The first-order valence-corrected chi connectivity index (χ1v) is 14.6. The number of aliphatic hydroxyl groups excluding tert-OH is 1. The van der Waals surface area contributed by atoms with Gasteiger partial charge >= 0.3 is 5.97 Å². The lowest BCUT2D eigenvalue weighted by Gasteiger charge is -2.35. The third-order valence-electron chi connectivity index (χ3n) is 7.14. The van der Waals surface area contributed by atoms with E-state index in [0.29, 0.717) is 13.1 Å². The lowest BCUT2D eigenvalue weighted by atomic mass is 9.85. The van der Waals surface area contributed by atoms with Gasteiger partial charge in [-0.15, -0.1) is 11.3 Å². The van der Waals surface area contributed by atoms with Crippen molar-refractivity contribution in [1.82, 2.24) is 25.4 Å². The van der Waals surface area contributed by atoms with Gasteiger partial charge in [0.05, 0.1) is 28.6 Å². The zero-order valence-corrected chi connectivity index (χ0v) is 25.2. The number of hydrogen-bond donors (Lipinski definition) is 4. The van der Waals surface area contributed by atoms with Crippen molar-refractivity contribution in [2.75, 3.05) is 26.7 Å². The van der Waals surface area contributed by atoms with Crippen LogP contribution in [0.15, 0.2) is 29.8 Å². The first-order valence-electron chi connectivity index (χ1n) is 13.7. The number of β-amino-alcohol motifs (C(OH)–C–C–N with tert-alkyl or cyclic N) is 1. The lowest BCUT2D eigenvalue weighted by Crippen LogP contribution is -2.57. The Bertz CT molecular complexity index is 1230. The number of aliphatic carboxylic acids is 1. The van der Waals surface area contributed by atoms with Crippen LogP contribution in [-0.4, -0.2) is 93.6 Å². The smallest absolute Gasteiger partial charge is 0.304 e. The van der Waals surface area contributed by atoms with E-state index in [1.807, 2.05) is 52.0 Å². The molecule has 1 aromatic heterocycles. The molecule has 3 atom stereocenters. The molecule has 224 valence electrons. The van der Waals surface area contributed by atoms with Gasteiger partial charge in [-0.1, -0.05) is 45.0 Å². The summed E-state index contributed by atoms with van der Waals surface area (Å²) in [4.78, 5) is 58.9. The van der Waals surface area contributed by atoms with Gasteiger partial charge in [0.25, 0.3) is 0 Å². The quantitative estimate of drug-likeness (QED) is 0.294. The van der Waals surface area contributed by atoms with Gasteiger partial charge in [0.2, 0.25) is 17.7 Å². The monoisotopic (exact) mass is 587 g/mol. The summed E-state index contributed by atoms with van der Waals surface area (Å²) in [5.74, 6) is -2.05. The van der Waals surface area contributed by atoms with Crippen LogP contribution in [0.5, 0.6) is 0 Å². The molecule has 41 heavy (non-hydrogen) atoms. The largest absolute Gasteiger partial charge is 0.481 e. The summed E-state index contributed by atoms with van der Waals surface area (Å²) in [6.45, 7) is 8.35. The minimum Gasteiger partial charge on any atom is -0.481 e. The van der Waals surface area contributed by atoms with Crippen molar-refractivity contribution in [1.29, 1.82) is 0 Å². The normalized spacial score (nSPS) is 17.9. The Hall–Kier alpha value is -3.35. The van der Waals surface area contributed by atoms with E-state index in [1.165, 1.54) is 4.90 Å². The number of carbonyl (C=O) groups excluding carboxylic acids is 3. The zero-order chi connectivity index (χ0) is 30.3. The number of aliphatic hydroxyl groups is 1. The van der Waals surface area contributed by atoms with Crippen molar-refractivity contribution in [3.05, 3.63) is 41.0 Å². The van der Waals surface area contributed by atoms with E-state index in [-0.39, 0.29) is 44.2 Å². The van der Waals surface area contributed by atoms with Crippen molar-refractivity contribution < 1.29 is 29.4 Å². The molecule has 0 radical (unpaired) electrons. The molecule has 3 amide bonds. The average molecular weight is 588 g/mol. The maximum atomic E-state index is 13.7. The van der Waals surface area contributed by atoms with Crippen LogP contribution in [-0.2, 0) is 25.7 Å². The zero-order valence-electron chi connectivity index (χ0n) is 24.3. The second kappa shape index (κ2) is 14.0. The number of hydrogen-bond acceptors (Lipinski definition) is 8. The van der Waals surface area contributed by atoms with E-state index in [2.05, 4.69) is 15.6 Å². The van der Waals surface area contributed by atoms with Crippen molar-refractivity contribution in [3.8, 4) is 10.4 Å². The first kappa shape index (κ1) is 32.2. The van der Waals surface area contributed by atoms with Crippen molar-refractivity contribution in [2.24, 2.45) is 5.41 Å². The molecule has 2 heterocycles. The van der Waals surface area contributed by atoms with Crippen LogP contribution in [0.25, 0.3) is 10.4 Å². The molecule has 1 aromatic carbocycles. The summed E-state index contributed by atoms with van der Waals surface area (Å²) in [6, 6.07) is 6.06. The van der Waals surface area contributed by atoms with Crippen molar-refractivity contribution in [2.45, 2.75) is 71.7 Å². The topological polar surface area (TPSA) is 152 Å². The van der Waals surface area contributed by atoms with Gasteiger partial charge in [-0.2, -0.15) is 0 Å². The molecule has 1 saturated heterocycles. The maximum Gasteiger partial charge on any atom is 0.304 e. The molecule has 1 fully saturated rings. The second-order valence-corrected chi connectivity index (χ2v) is 12.5. The summed E-state index contributed by atoms with van der Waals surface area (Å²) >= 11 is 1.57. The molecule has 2 aromatic rings. The number of rotatable bonds is 12. The number of aromatic nitrogens is 1. The minimum absolute atomic E-state index is 0.000192. The van der Waals surface area contributed by atoms with Crippen molar-refractivity contribution >= 4 is 35.0 Å². The third kappa shape index (κ3) is 9.07. The minimum atomic E-state index is -0.914. The SMILES string of the molecule is Cc1ncsc1-c1ccc(CNC(=O)C2CC(O)CN2C(=O)C(NC(=O)CCN(C)CCC(=O)O)C(C)(C)C)cc1. The molecule has 3 unspecified atom stereocenters. The fourth-order valence-corrected chi connectivity index (χ4v) is 5.52. The molecular weight excluding hydrogens is 546 g/mol. The summed E-state index contributed by atoms with van der Waals surface area (Å²) < 4.78 is 0. The van der Waals surface area contributed by atoms with Gasteiger partial charge in [-0.25, -0.2) is 4.98 Å². The van der Waals surface area contributed by atoms with E-state index in [0.717, 1.165) is 21.7 Å². The molecule has 12 heteroatoms. The van der Waals surface area contributed by atoms with E-state index in [9.17, 15) is 24.3 Å². The highest BCUT2D eigenvalue weighted by Gasteiger charge is 2.44. The summed E-state index contributed by atoms with van der Waals surface area (Å²) in [5, 5.41) is 24.9. The van der Waals surface area contributed by atoms with Crippen LogP contribution >= 0.6 is 11.3 Å². The Morgan fingerprint density at radius 1 is 1.15 bits per heavy atom. The fraction of sp³-hybridized carbons (Fsp3) is 0.552. The highest BCUT2D eigenvalue weighted by molar-refractivity contribution is 7.13. The van der Waals surface area contributed by atoms with Crippen LogP contribution < -0.4 is 10.6 Å². The fourth-order valence-electron chi connectivity index (χ4n) is 4.70.